The van der Waals surface area contributed by atoms with Crippen LogP contribution in [0.15, 0.2) is 47.6 Å². The first-order chi connectivity index (χ1) is 10.3. The number of guanidine groups is 1. The molecule has 0 radical (unpaired) electrons. The minimum Gasteiger partial charge on any atom is -0.508 e. The molecule has 6 heteroatoms. The number of nitrogens with zero attached hydrogens (tertiary/aromatic N) is 4. The van der Waals surface area contributed by atoms with Gasteiger partial charge in [-0.1, -0.05) is 0 Å². The van der Waals surface area contributed by atoms with Crippen molar-refractivity contribution in [2.45, 2.75) is 0 Å². The summed E-state index contributed by atoms with van der Waals surface area (Å²) in [5, 5.41) is 9.45. The second-order valence-electron chi connectivity index (χ2n) is 4.86. The Morgan fingerprint density at radius 2 is 1.95 bits per heavy atom. The molecule has 2 aliphatic rings. The van der Waals surface area contributed by atoms with Crippen LogP contribution < -0.4 is 4.90 Å². The molecule has 1 aromatic carbocycles. The first kappa shape index (κ1) is 11.9. The number of fused-ring (bicyclic) bond motifs is 2. The zero-order chi connectivity index (χ0) is 14.4. The first-order valence-corrected chi connectivity index (χ1v) is 6.66. The van der Waals surface area contributed by atoms with Crippen molar-refractivity contribution in [3.8, 4) is 5.75 Å². The molecule has 0 bridgehead atoms. The Labute approximate surface area is 121 Å². The zero-order valence-electron chi connectivity index (χ0n) is 11.1. The maximum atomic E-state index is 12.5. The first-order valence-electron chi connectivity index (χ1n) is 6.66. The van der Waals surface area contributed by atoms with Crippen LogP contribution >= 0.6 is 0 Å². The lowest BCUT2D eigenvalue weighted by Gasteiger charge is -2.34. The van der Waals surface area contributed by atoms with Gasteiger partial charge in [-0.2, -0.15) is 0 Å². The van der Waals surface area contributed by atoms with Crippen molar-refractivity contribution in [1.82, 2.24) is 9.88 Å². The summed E-state index contributed by atoms with van der Waals surface area (Å²) >= 11 is 0. The van der Waals surface area contributed by atoms with Crippen LogP contribution in [0.25, 0.3) is 0 Å². The smallest absolute Gasteiger partial charge is 0.264 e. The van der Waals surface area contributed by atoms with Gasteiger partial charge in [0.05, 0.1) is 17.8 Å². The number of phenolic OH excluding ortho intramolecular Hbond substituents is 1. The van der Waals surface area contributed by atoms with E-state index in [0.29, 0.717) is 30.4 Å². The highest BCUT2D eigenvalue weighted by Crippen LogP contribution is 2.34. The normalized spacial score (nSPS) is 16.6. The number of anilines is 2. The van der Waals surface area contributed by atoms with E-state index in [1.165, 1.54) is 0 Å². The Balaban J connectivity index is 1.93. The Morgan fingerprint density at radius 3 is 2.76 bits per heavy atom. The fraction of sp³-hybridized carbons (Fsp3) is 0.133. The monoisotopic (exact) mass is 280 g/mol. The summed E-state index contributed by atoms with van der Waals surface area (Å²) in [6.45, 7) is 1.17. The quantitative estimate of drug-likeness (QED) is 0.864. The third-order valence-corrected chi connectivity index (χ3v) is 3.60. The molecule has 0 unspecified atom stereocenters. The van der Waals surface area contributed by atoms with Gasteiger partial charge in [-0.25, -0.2) is 4.98 Å². The highest BCUT2D eigenvalue weighted by Gasteiger charge is 2.38. The van der Waals surface area contributed by atoms with Crippen molar-refractivity contribution in [2.75, 3.05) is 18.0 Å². The maximum absolute atomic E-state index is 12.5. The summed E-state index contributed by atoms with van der Waals surface area (Å²) in [5.41, 5.74) is 1.37. The lowest BCUT2D eigenvalue weighted by atomic mass is 10.1. The van der Waals surface area contributed by atoms with E-state index in [0.717, 1.165) is 5.69 Å². The van der Waals surface area contributed by atoms with Gasteiger partial charge in [0.2, 0.25) is 5.96 Å². The van der Waals surface area contributed by atoms with Crippen LogP contribution in [-0.2, 0) is 0 Å². The topological polar surface area (TPSA) is 69.0 Å². The molecule has 1 aromatic heterocycles. The van der Waals surface area contributed by atoms with Crippen LogP contribution in [0.1, 0.15) is 10.4 Å². The number of hydrogen-bond acceptors (Lipinski definition) is 5. The second kappa shape index (κ2) is 4.31. The molecule has 21 heavy (non-hydrogen) atoms. The number of pyridine rings is 1. The molecule has 6 nitrogen and oxygen atoms in total. The minimum absolute atomic E-state index is 0.0654. The number of aromatic hydroxyl groups is 1. The van der Waals surface area contributed by atoms with E-state index in [4.69, 9.17) is 0 Å². The molecule has 0 saturated carbocycles. The molecule has 1 amide bonds. The fourth-order valence-electron chi connectivity index (χ4n) is 2.64. The Hall–Kier alpha value is -2.89. The predicted molar refractivity (Wildman–Crippen MR) is 77.8 cm³/mol. The fourth-order valence-corrected chi connectivity index (χ4v) is 2.64. The molecule has 3 heterocycles. The van der Waals surface area contributed by atoms with Gasteiger partial charge in [0, 0.05) is 12.7 Å². The molecule has 2 aliphatic heterocycles. The van der Waals surface area contributed by atoms with Crippen LogP contribution in [0, 0.1) is 0 Å². The summed E-state index contributed by atoms with van der Waals surface area (Å²) in [4.78, 5) is 24.8. The lowest BCUT2D eigenvalue weighted by molar-refractivity contribution is 0.0852. The lowest BCUT2D eigenvalue weighted by Crippen LogP contribution is -2.48. The average Bonchev–Trinajstić information content (AvgIpc) is 2.99. The number of carbonyl (C=O) groups is 1. The third kappa shape index (κ3) is 1.69. The van der Waals surface area contributed by atoms with Crippen molar-refractivity contribution in [3.63, 3.8) is 0 Å². The number of hydrogen-bond donors (Lipinski definition) is 1. The van der Waals surface area contributed by atoms with Crippen molar-refractivity contribution < 1.29 is 9.90 Å². The van der Waals surface area contributed by atoms with Gasteiger partial charge in [-0.05, 0) is 36.4 Å². The molecule has 0 atom stereocenters. The molecule has 4 rings (SSSR count). The van der Waals surface area contributed by atoms with Gasteiger partial charge < -0.3 is 5.11 Å². The van der Waals surface area contributed by atoms with E-state index in [1.54, 1.807) is 47.5 Å². The van der Waals surface area contributed by atoms with Crippen LogP contribution in [0.3, 0.4) is 0 Å². The average molecular weight is 280 g/mol. The van der Waals surface area contributed by atoms with E-state index in [1.807, 2.05) is 4.90 Å². The van der Waals surface area contributed by atoms with Gasteiger partial charge in [0.15, 0.2) is 5.82 Å². The second-order valence-corrected chi connectivity index (χ2v) is 4.86. The molecule has 0 saturated heterocycles. The third-order valence-electron chi connectivity index (χ3n) is 3.60. The Bertz CT molecular complexity index is 755. The SMILES string of the molecule is O=C1c2cccnc2N(c2ccc(O)cc2)C2=NCCN12. The number of phenols is 1. The van der Waals surface area contributed by atoms with Crippen LogP contribution in [0.5, 0.6) is 5.75 Å². The summed E-state index contributed by atoms with van der Waals surface area (Å²) in [7, 11) is 0. The van der Waals surface area contributed by atoms with E-state index >= 15 is 0 Å². The molecular weight excluding hydrogens is 268 g/mol. The van der Waals surface area contributed by atoms with E-state index in [9.17, 15) is 9.90 Å². The maximum Gasteiger partial charge on any atom is 0.264 e. The molecule has 0 fully saturated rings. The highest BCUT2D eigenvalue weighted by molar-refractivity contribution is 6.21. The summed E-state index contributed by atoms with van der Waals surface area (Å²) < 4.78 is 0. The van der Waals surface area contributed by atoms with Crippen molar-refractivity contribution in [2.24, 2.45) is 4.99 Å². The van der Waals surface area contributed by atoms with Crippen molar-refractivity contribution >= 4 is 23.4 Å². The van der Waals surface area contributed by atoms with E-state index in [2.05, 4.69) is 9.98 Å². The summed E-state index contributed by atoms with van der Waals surface area (Å²) in [6.07, 6.45) is 1.66. The van der Waals surface area contributed by atoms with Gasteiger partial charge in [0.1, 0.15) is 5.75 Å². The summed E-state index contributed by atoms with van der Waals surface area (Å²) in [5.74, 6) is 1.30. The number of carbonyl (C=O) groups excluding carboxylic acids is 1. The summed E-state index contributed by atoms with van der Waals surface area (Å²) in [6, 6.07) is 10.3. The van der Waals surface area contributed by atoms with Crippen molar-refractivity contribution in [1.29, 1.82) is 0 Å². The molecule has 0 spiro atoms. The van der Waals surface area contributed by atoms with Gasteiger partial charge in [-0.3, -0.25) is 19.6 Å². The molecule has 104 valence electrons. The molecular formula is C15H12N4O2. The molecule has 0 aliphatic carbocycles. The largest absolute Gasteiger partial charge is 0.508 e. The van der Waals surface area contributed by atoms with Gasteiger partial charge in [0.25, 0.3) is 5.91 Å². The van der Waals surface area contributed by atoms with Crippen LogP contribution in [0.4, 0.5) is 11.5 Å². The zero-order valence-corrected chi connectivity index (χ0v) is 11.1. The van der Waals surface area contributed by atoms with E-state index in [-0.39, 0.29) is 11.7 Å². The molecule has 2 aromatic rings. The van der Waals surface area contributed by atoms with E-state index < -0.39 is 0 Å². The Kier molecular flexibility index (Phi) is 2.44. The van der Waals surface area contributed by atoms with Crippen LogP contribution in [-0.4, -0.2) is 39.9 Å². The van der Waals surface area contributed by atoms with Gasteiger partial charge in [-0.15, -0.1) is 0 Å². The van der Waals surface area contributed by atoms with Crippen LogP contribution in [0.2, 0.25) is 0 Å². The highest BCUT2D eigenvalue weighted by atomic mass is 16.3. The Morgan fingerprint density at radius 1 is 1.14 bits per heavy atom. The standard InChI is InChI=1S/C15H12N4O2/c20-11-5-3-10(4-6-11)19-13-12(2-1-7-16-13)14(21)18-9-8-17-15(18)19/h1-7,20H,8-9H2. The number of aromatic nitrogens is 1. The number of rotatable bonds is 1. The number of aliphatic imine (C=N–C) groups is 1. The number of benzene rings is 1. The van der Waals surface area contributed by atoms with Gasteiger partial charge >= 0.3 is 0 Å². The minimum atomic E-state index is -0.0654. The van der Waals surface area contributed by atoms with Crippen molar-refractivity contribution in [3.05, 3.63) is 48.2 Å². The predicted octanol–water partition coefficient (Wildman–Crippen LogP) is 1.75. The molecule has 1 N–H and O–H groups in total. The number of amides is 1.